The SMILES string of the molecule is CC(Nc1nc(Cl)nc(-n2ccnc2)n1)c1ccncc1. The second kappa shape index (κ2) is 5.84. The summed E-state index contributed by atoms with van der Waals surface area (Å²) in [5.41, 5.74) is 1.07. The molecule has 7 nitrogen and oxygen atoms in total. The van der Waals surface area contributed by atoms with Crippen LogP contribution in [0.4, 0.5) is 5.95 Å². The van der Waals surface area contributed by atoms with E-state index >= 15 is 0 Å². The molecule has 0 saturated carbocycles. The molecule has 0 aliphatic heterocycles. The normalized spacial score (nSPS) is 12.1. The minimum atomic E-state index is 0.0158. The van der Waals surface area contributed by atoms with Gasteiger partial charge in [-0.15, -0.1) is 0 Å². The van der Waals surface area contributed by atoms with Crippen LogP contribution in [0.2, 0.25) is 5.28 Å². The van der Waals surface area contributed by atoms with Gasteiger partial charge in [0.2, 0.25) is 17.2 Å². The van der Waals surface area contributed by atoms with E-state index in [2.05, 4.69) is 30.2 Å². The van der Waals surface area contributed by atoms with Gasteiger partial charge in [0.05, 0.1) is 6.04 Å². The summed E-state index contributed by atoms with van der Waals surface area (Å²) in [6.45, 7) is 2.00. The lowest BCUT2D eigenvalue weighted by atomic mass is 10.1. The zero-order valence-electron chi connectivity index (χ0n) is 11.2. The van der Waals surface area contributed by atoms with Crippen molar-refractivity contribution in [3.05, 3.63) is 54.1 Å². The fraction of sp³-hybridized carbons (Fsp3) is 0.154. The molecule has 3 aromatic heterocycles. The van der Waals surface area contributed by atoms with Gasteiger partial charge in [0.1, 0.15) is 6.33 Å². The Bertz CT molecular complexity index is 715. The van der Waals surface area contributed by atoms with E-state index in [4.69, 9.17) is 11.6 Å². The van der Waals surface area contributed by atoms with Crippen molar-refractivity contribution >= 4 is 17.5 Å². The molecule has 0 spiro atoms. The largest absolute Gasteiger partial charge is 0.348 e. The third-order valence-electron chi connectivity index (χ3n) is 2.88. The van der Waals surface area contributed by atoms with E-state index in [1.165, 1.54) is 0 Å². The second-order valence-corrected chi connectivity index (χ2v) is 4.68. The van der Waals surface area contributed by atoms with Crippen LogP contribution in [0.3, 0.4) is 0 Å². The van der Waals surface area contributed by atoms with E-state index in [1.807, 2.05) is 19.1 Å². The molecule has 0 amide bonds. The maximum Gasteiger partial charge on any atom is 0.241 e. The molecule has 3 rings (SSSR count). The monoisotopic (exact) mass is 301 g/mol. The molecule has 0 aromatic carbocycles. The number of nitrogens with zero attached hydrogens (tertiary/aromatic N) is 6. The Kier molecular flexibility index (Phi) is 3.74. The van der Waals surface area contributed by atoms with Gasteiger partial charge in [-0.2, -0.15) is 15.0 Å². The summed E-state index contributed by atoms with van der Waals surface area (Å²) in [5.74, 6) is 0.819. The first-order valence-corrected chi connectivity index (χ1v) is 6.66. The van der Waals surface area contributed by atoms with Crippen molar-refractivity contribution in [1.82, 2.24) is 29.5 Å². The fourth-order valence-corrected chi connectivity index (χ4v) is 1.98. The highest BCUT2D eigenvalue weighted by molar-refractivity contribution is 6.28. The van der Waals surface area contributed by atoms with Gasteiger partial charge in [0.25, 0.3) is 0 Å². The van der Waals surface area contributed by atoms with Crippen LogP contribution < -0.4 is 5.32 Å². The summed E-state index contributed by atoms with van der Waals surface area (Å²) < 4.78 is 1.66. The van der Waals surface area contributed by atoms with Gasteiger partial charge in [0.15, 0.2) is 0 Å². The molecule has 1 unspecified atom stereocenters. The van der Waals surface area contributed by atoms with Gasteiger partial charge in [0, 0.05) is 24.8 Å². The Morgan fingerprint density at radius 1 is 1.10 bits per heavy atom. The molecular formula is C13H12ClN7. The van der Waals surface area contributed by atoms with Crippen molar-refractivity contribution < 1.29 is 0 Å². The van der Waals surface area contributed by atoms with Crippen molar-refractivity contribution in [1.29, 1.82) is 0 Å². The number of hydrogen-bond donors (Lipinski definition) is 1. The molecule has 0 aliphatic carbocycles. The van der Waals surface area contributed by atoms with Crippen LogP contribution >= 0.6 is 11.6 Å². The Morgan fingerprint density at radius 3 is 2.62 bits per heavy atom. The summed E-state index contributed by atoms with van der Waals surface area (Å²) in [6.07, 6.45) is 8.46. The molecule has 106 valence electrons. The van der Waals surface area contributed by atoms with Crippen LogP contribution in [0.15, 0.2) is 43.2 Å². The highest BCUT2D eigenvalue weighted by atomic mass is 35.5. The minimum Gasteiger partial charge on any atom is -0.348 e. The summed E-state index contributed by atoms with van der Waals surface area (Å²) in [4.78, 5) is 20.5. The van der Waals surface area contributed by atoms with Gasteiger partial charge in [-0.05, 0) is 36.2 Å². The number of imidazole rings is 1. The maximum absolute atomic E-state index is 5.95. The molecule has 0 fully saturated rings. The smallest absolute Gasteiger partial charge is 0.241 e. The summed E-state index contributed by atoms with van der Waals surface area (Å²) in [7, 11) is 0. The molecule has 8 heteroatoms. The molecule has 0 saturated heterocycles. The first kappa shape index (κ1) is 13.4. The standard InChI is InChI=1S/C13H12ClN7/c1-9(10-2-4-15-5-3-10)17-12-18-11(14)19-13(20-12)21-7-6-16-8-21/h2-9H,1H3,(H,17,18,19,20). The highest BCUT2D eigenvalue weighted by Gasteiger charge is 2.10. The van der Waals surface area contributed by atoms with E-state index < -0.39 is 0 Å². The average Bonchev–Trinajstić information content (AvgIpc) is 3.02. The van der Waals surface area contributed by atoms with Crippen LogP contribution in [0, 0.1) is 0 Å². The molecule has 0 aliphatic rings. The molecule has 0 radical (unpaired) electrons. The van der Waals surface area contributed by atoms with Crippen LogP contribution in [-0.2, 0) is 0 Å². The number of hydrogen-bond acceptors (Lipinski definition) is 6. The Labute approximate surface area is 126 Å². The van der Waals surface area contributed by atoms with E-state index in [9.17, 15) is 0 Å². The Balaban J connectivity index is 1.86. The lowest BCUT2D eigenvalue weighted by Crippen LogP contribution is -2.12. The zero-order valence-corrected chi connectivity index (χ0v) is 11.9. The Hall–Kier alpha value is -2.54. The summed E-state index contributed by atoms with van der Waals surface area (Å²) in [5, 5.41) is 3.32. The zero-order chi connectivity index (χ0) is 14.7. The van der Waals surface area contributed by atoms with Gasteiger partial charge in [-0.3, -0.25) is 9.55 Å². The predicted octanol–water partition coefficient (Wildman–Crippen LogP) is 2.28. The predicted molar refractivity (Wildman–Crippen MR) is 78.2 cm³/mol. The van der Waals surface area contributed by atoms with E-state index in [-0.39, 0.29) is 11.3 Å². The first-order valence-electron chi connectivity index (χ1n) is 6.29. The molecular weight excluding hydrogens is 290 g/mol. The summed E-state index contributed by atoms with van der Waals surface area (Å²) >= 11 is 5.95. The topological polar surface area (TPSA) is 81.4 Å². The number of anilines is 1. The van der Waals surface area contributed by atoms with Crippen molar-refractivity contribution in [3.8, 4) is 5.95 Å². The number of nitrogens with one attached hydrogen (secondary N) is 1. The van der Waals surface area contributed by atoms with Gasteiger partial charge in [-0.1, -0.05) is 0 Å². The third-order valence-corrected chi connectivity index (χ3v) is 3.05. The first-order chi connectivity index (χ1) is 10.2. The summed E-state index contributed by atoms with van der Waals surface area (Å²) in [6, 6.07) is 3.87. The number of pyridine rings is 1. The third kappa shape index (κ3) is 3.14. The molecule has 21 heavy (non-hydrogen) atoms. The van der Waals surface area contributed by atoms with Crippen molar-refractivity contribution in [2.45, 2.75) is 13.0 Å². The molecule has 1 N–H and O–H groups in total. The van der Waals surface area contributed by atoms with Crippen LogP contribution in [0.25, 0.3) is 5.95 Å². The molecule has 3 aromatic rings. The van der Waals surface area contributed by atoms with Crippen LogP contribution in [-0.4, -0.2) is 29.5 Å². The van der Waals surface area contributed by atoms with E-state index in [0.717, 1.165) is 5.56 Å². The quantitative estimate of drug-likeness (QED) is 0.796. The maximum atomic E-state index is 5.95. The Morgan fingerprint density at radius 2 is 1.90 bits per heavy atom. The number of aromatic nitrogens is 6. The van der Waals surface area contributed by atoms with E-state index in [1.54, 1.807) is 35.7 Å². The number of rotatable bonds is 4. The van der Waals surface area contributed by atoms with Crippen molar-refractivity contribution in [3.63, 3.8) is 0 Å². The molecule has 0 bridgehead atoms. The van der Waals surface area contributed by atoms with Crippen LogP contribution in [0.5, 0.6) is 0 Å². The lowest BCUT2D eigenvalue weighted by Gasteiger charge is -2.14. The number of halogens is 1. The van der Waals surface area contributed by atoms with Crippen molar-refractivity contribution in [2.24, 2.45) is 0 Å². The van der Waals surface area contributed by atoms with Crippen molar-refractivity contribution in [2.75, 3.05) is 5.32 Å². The second-order valence-electron chi connectivity index (χ2n) is 4.34. The van der Waals surface area contributed by atoms with Gasteiger partial charge in [-0.25, -0.2) is 4.98 Å². The van der Waals surface area contributed by atoms with Gasteiger partial charge < -0.3 is 5.32 Å². The lowest BCUT2D eigenvalue weighted by molar-refractivity contribution is 0.831. The average molecular weight is 302 g/mol. The fourth-order valence-electron chi connectivity index (χ4n) is 1.83. The van der Waals surface area contributed by atoms with Crippen LogP contribution in [0.1, 0.15) is 18.5 Å². The molecule has 3 heterocycles. The molecule has 1 atom stereocenters. The minimum absolute atomic E-state index is 0.0158. The van der Waals surface area contributed by atoms with Gasteiger partial charge >= 0.3 is 0 Å². The highest BCUT2D eigenvalue weighted by Crippen LogP contribution is 2.17. The van der Waals surface area contributed by atoms with E-state index in [0.29, 0.717) is 11.9 Å².